The summed E-state index contributed by atoms with van der Waals surface area (Å²) in [7, 11) is 0. The zero-order chi connectivity index (χ0) is 13.2. The summed E-state index contributed by atoms with van der Waals surface area (Å²) < 4.78 is 0. The van der Waals surface area contributed by atoms with Crippen LogP contribution in [0.5, 0.6) is 5.75 Å². The Morgan fingerprint density at radius 2 is 1.84 bits per heavy atom. The number of H-pyrrole nitrogens is 1. The fourth-order valence-corrected chi connectivity index (χ4v) is 2.00. The number of nitrogens with two attached hydrogens (primary N) is 1. The maximum atomic E-state index is 9.29. The van der Waals surface area contributed by atoms with Gasteiger partial charge in [-0.2, -0.15) is 0 Å². The van der Waals surface area contributed by atoms with Crippen molar-refractivity contribution in [2.24, 2.45) is 0 Å². The minimum Gasteiger partial charge on any atom is -0.508 e. The Morgan fingerprint density at radius 3 is 2.58 bits per heavy atom. The summed E-state index contributed by atoms with van der Waals surface area (Å²) in [6.07, 6.45) is 3.60. The predicted molar refractivity (Wildman–Crippen MR) is 75.5 cm³/mol. The first-order chi connectivity index (χ1) is 9.24. The largest absolute Gasteiger partial charge is 0.508 e. The number of phenolic OH excluding ortho intramolecular Hbond substituents is 1. The highest BCUT2D eigenvalue weighted by Crippen LogP contribution is 2.28. The minimum absolute atomic E-state index is 0.254. The van der Waals surface area contributed by atoms with Crippen LogP contribution in [-0.2, 0) is 0 Å². The van der Waals surface area contributed by atoms with E-state index in [-0.39, 0.29) is 5.75 Å². The molecule has 0 aliphatic carbocycles. The van der Waals surface area contributed by atoms with Gasteiger partial charge in [-0.3, -0.25) is 4.98 Å². The van der Waals surface area contributed by atoms with Crippen molar-refractivity contribution in [3.05, 3.63) is 54.9 Å². The molecule has 0 saturated carbocycles. The maximum Gasteiger partial charge on any atom is 0.115 e. The van der Waals surface area contributed by atoms with Crippen LogP contribution in [0.1, 0.15) is 0 Å². The van der Waals surface area contributed by atoms with Crippen molar-refractivity contribution in [1.82, 2.24) is 9.97 Å². The lowest BCUT2D eigenvalue weighted by Gasteiger charge is -2.00. The van der Waals surface area contributed by atoms with E-state index in [4.69, 9.17) is 5.73 Å². The van der Waals surface area contributed by atoms with Gasteiger partial charge in [-0.05, 0) is 48.0 Å². The van der Waals surface area contributed by atoms with Crippen LogP contribution in [0, 0.1) is 0 Å². The van der Waals surface area contributed by atoms with E-state index in [0.29, 0.717) is 5.69 Å². The molecule has 0 radical (unpaired) electrons. The predicted octanol–water partition coefficient (Wildman–Crippen LogP) is 3.03. The van der Waals surface area contributed by atoms with Gasteiger partial charge in [-0.25, -0.2) is 0 Å². The molecule has 2 heterocycles. The smallest absolute Gasteiger partial charge is 0.115 e. The van der Waals surface area contributed by atoms with Gasteiger partial charge in [0.05, 0.1) is 11.4 Å². The third kappa shape index (κ3) is 2.15. The van der Waals surface area contributed by atoms with Gasteiger partial charge in [-0.15, -0.1) is 0 Å². The van der Waals surface area contributed by atoms with Crippen molar-refractivity contribution in [3.63, 3.8) is 0 Å². The average Bonchev–Trinajstić information content (AvgIpc) is 2.89. The number of nitrogens with zero attached hydrogens (tertiary/aromatic N) is 1. The van der Waals surface area contributed by atoms with Gasteiger partial charge in [0, 0.05) is 23.7 Å². The molecular weight excluding hydrogens is 238 g/mol. The Morgan fingerprint density at radius 1 is 1.05 bits per heavy atom. The first kappa shape index (κ1) is 11.3. The third-order valence-corrected chi connectivity index (χ3v) is 2.97. The molecule has 4 heteroatoms. The number of aromatic hydroxyl groups is 1. The van der Waals surface area contributed by atoms with Crippen LogP contribution in [0.4, 0.5) is 5.69 Å². The third-order valence-electron chi connectivity index (χ3n) is 2.97. The standard InChI is InChI=1S/C15H13N3O/c16-13-2-1-7-17-15(13)11-8-14(18-9-11)10-3-5-12(19)6-4-10/h1-9,18-19H,16H2. The number of rotatable bonds is 2. The molecule has 0 saturated heterocycles. The summed E-state index contributed by atoms with van der Waals surface area (Å²) in [6, 6.07) is 12.7. The van der Waals surface area contributed by atoms with E-state index in [9.17, 15) is 5.11 Å². The van der Waals surface area contributed by atoms with Crippen LogP contribution < -0.4 is 5.73 Å². The second kappa shape index (κ2) is 4.49. The Bertz CT molecular complexity index is 701. The number of phenols is 1. The van der Waals surface area contributed by atoms with Gasteiger partial charge >= 0.3 is 0 Å². The maximum absolute atomic E-state index is 9.29. The zero-order valence-corrected chi connectivity index (χ0v) is 10.2. The van der Waals surface area contributed by atoms with Gasteiger partial charge in [0.1, 0.15) is 5.75 Å². The van der Waals surface area contributed by atoms with Crippen LogP contribution in [-0.4, -0.2) is 15.1 Å². The number of aromatic nitrogens is 2. The number of hydrogen-bond acceptors (Lipinski definition) is 3. The van der Waals surface area contributed by atoms with E-state index in [0.717, 1.165) is 22.5 Å². The van der Waals surface area contributed by atoms with Crippen LogP contribution in [0.25, 0.3) is 22.5 Å². The average molecular weight is 251 g/mol. The van der Waals surface area contributed by atoms with Crippen LogP contribution >= 0.6 is 0 Å². The molecule has 0 spiro atoms. The van der Waals surface area contributed by atoms with Crippen molar-refractivity contribution in [2.75, 3.05) is 5.73 Å². The molecule has 0 amide bonds. The first-order valence-electron chi connectivity index (χ1n) is 5.93. The Kier molecular flexibility index (Phi) is 2.68. The number of aromatic amines is 1. The summed E-state index contributed by atoms with van der Waals surface area (Å²) in [6.45, 7) is 0. The van der Waals surface area contributed by atoms with Crippen LogP contribution in [0.2, 0.25) is 0 Å². The van der Waals surface area contributed by atoms with Gasteiger partial charge in [0.2, 0.25) is 0 Å². The number of nitrogens with one attached hydrogen (secondary N) is 1. The Balaban J connectivity index is 2.00. The van der Waals surface area contributed by atoms with E-state index >= 15 is 0 Å². The normalized spacial score (nSPS) is 10.5. The van der Waals surface area contributed by atoms with Gasteiger partial charge < -0.3 is 15.8 Å². The number of benzene rings is 1. The molecule has 2 aromatic heterocycles. The number of anilines is 1. The van der Waals surface area contributed by atoms with Crippen LogP contribution in [0.15, 0.2) is 54.9 Å². The van der Waals surface area contributed by atoms with Crippen LogP contribution in [0.3, 0.4) is 0 Å². The molecule has 94 valence electrons. The molecule has 3 rings (SSSR count). The zero-order valence-electron chi connectivity index (χ0n) is 10.2. The lowest BCUT2D eigenvalue weighted by atomic mass is 10.1. The molecule has 0 bridgehead atoms. The molecule has 0 unspecified atom stereocenters. The van der Waals surface area contributed by atoms with E-state index in [1.54, 1.807) is 18.3 Å². The SMILES string of the molecule is Nc1cccnc1-c1c[nH]c(-c2ccc(O)cc2)c1. The quantitative estimate of drug-likeness (QED) is 0.655. The van der Waals surface area contributed by atoms with Crippen molar-refractivity contribution in [2.45, 2.75) is 0 Å². The molecule has 1 aromatic carbocycles. The summed E-state index contributed by atoms with van der Waals surface area (Å²) in [5, 5.41) is 9.29. The Hall–Kier alpha value is -2.75. The van der Waals surface area contributed by atoms with E-state index in [1.165, 1.54) is 0 Å². The lowest BCUT2D eigenvalue weighted by molar-refractivity contribution is 0.475. The van der Waals surface area contributed by atoms with E-state index in [2.05, 4.69) is 9.97 Å². The summed E-state index contributed by atoms with van der Waals surface area (Å²) >= 11 is 0. The topological polar surface area (TPSA) is 74.9 Å². The first-order valence-corrected chi connectivity index (χ1v) is 5.93. The molecule has 0 aliphatic rings. The molecule has 3 aromatic rings. The Labute approximate surface area is 110 Å². The summed E-state index contributed by atoms with van der Waals surface area (Å²) in [5.74, 6) is 0.254. The second-order valence-electron chi connectivity index (χ2n) is 4.29. The molecule has 0 atom stereocenters. The fourth-order valence-electron chi connectivity index (χ4n) is 2.00. The highest BCUT2D eigenvalue weighted by Gasteiger charge is 2.07. The number of pyridine rings is 1. The molecule has 0 fully saturated rings. The van der Waals surface area contributed by atoms with Gasteiger partial charge in [-0.1, -0.05) is 0 Å². The van der Waals surface area contributed by atoms with E-state index in [1.807, 2.05) is 36.5 Å². The van der Waals surface area contributed by atoms with E-state index < -0.39 is 0 Å². The molecule has 4 N–H and O–H groups in total. The van der Waals surface area contributed by atoms with Crippen molar-refractivity contribution in [1.29, 1.82) is 0 Å². The van der Waals surface area contributed by atoms with Crippen molar-refractivity contribution in [3.8, 4) is 28.3 Å². The van der Waals surface area contributed by atoms with Gasteiger partial charge in [0.15, 0.2) is 0 Å². The fraction of sp³-hybridized carbons (Fsp3) is 0. The highest BCUT2D eigenvalue weighted by molar-refractivity contribution is 5.76. The second-order valence-corrected chi connectivity index (χ2v) is 4.29. The molecule has 4 nitrogen and oxygen atoms in total. The van der Waals surface area contributed by atoms with Gasteiger partial charge in [0.25, 0.3) is 0 Å². The van der Waals surface area contributed by atoms with Crippen molar-refractivity contribution >= 4 is 5.69 Å². The summed E-state index contributed by atoms with van der Waals surface area (Å²) in [5.41, 5.74) is 10.2. The molecular formula is C15H13N3O. The van der Waals surface area contributed by atoms with Crippen molar-refractivity contribution < 1.29 is 5.11 Å². The molecule has 19 heavy (non-hydrogen) atoms. The number of nitrogen functional groups attached to an aromatic ring is 1. The monoisotopic (exact) mass is 251 g/mol. The molecule has 0 aliphatic heterocycles. The highest BCUT2D eigenvalue weighted by atomic mass is 16.3. The number of hydrogen-bond donors (Lipinski definition) is 3. The minimum atomic E-state index is 0.254. The lowest BCUT2D eigenvalue weighted by Crippen LogP contribution is -1.90. The summed E-state index contributed by atoms with van der Waals surface area (Å²) in [4.78, 5) is 7.47.